The number of hydrogen-bond acceptors (Lipinski definition) is 7. The number of carbonyl (C=O) groups is 2. The molecule has 1 atom stereocenters. The zero-order valence-corrected chi connectivity index (χ0v) is 23.8. The second-order valence-electron chi connectivity index (χ2n) is 11.1. The van der Waals surface area contributed by atoms with E-state index in [1.165, 1.54) is 0 Å². The van der Waals surface area contributed by atoms with Gasteiger partial charge in [-0.1, -0.05) is 18.9 Å². The predicted molar refractivity (Wildman–Crippen MR) is 152 cm³/mol. The van der Waals surface area contributed by atoms with Crippen LogP contribution in [0.15, 0.2) is 24.3 Å². The standard InChI is InChI=1S/C30H43N5O5/c1-38-26-11-6-12-27(39-2)29(26)25-20-24(33-35(25)23-9-3-4-10-23)30(37)32-22(13-14-34-15-17-40-18-16-34)19-28(36)31-21-7-5-8-21/h6,11-12,20-23H,3-5,7-10,13-19H2,1-2H3,(H,31,36)(H,32,37)/t22-/m0/s1. The summed E-state index contributed by atoms with van der Waals surface area (Å²) in [4.78, 5) is 28.9. The monoisotopic (exact) mass is 553 g/mol. The van der Waals surface area contributed by atoms with Gasteiger partial charge in [-0.2, -0.15) is 5.10 Å². The number of nitrogens with zero attached hydrogens (tertiary/aromatic N) is 3. The Kier molecular flexibility index (Phi) is 9.59. The maximum Gasteiger partial charge on any atom is 0.272 e. The van der Waals surface area contributed by atoms with Gasteiger partial charge in [0.05, 0.1) is 44.7 Å². The van der Waals surface area contributed by atoms with Gasteiger partial charge in [0.2, 0.25) is 5.91 Å². The summed E-state index contributed by atoms with van der Waals surface area (Å²) in [6.45, 7) is 3.96. The van der Waals surface area contributed by atoms with Gasteiger partial charge in [0, 0.05) is 38.1 Å². The number of amides is 2. The summed E-state index contributed by atoms with van der Waals surface area (Å²) in [5, 5.41) is 11.1. The van der Waals surface area contributed by atoms with Gasteiger partial charge in [-0.05, 0) is 56.7 Å². The quantitative estimate of drug-likeness (QED) is 0.414. The molecule has 3 fully saturated rings. The van der Waals surface area contributed by atoms with Crippen molar-refractivity contribution in [1.82, 2.24) is 25.3 Å². The molecule has 2 aliphatic carbocycles. The van der Waals surface area contributed by atoms with Crippen LogP contribution in [0.25, 0.3) is 11.3 Å². The molecule has 2 amide bonds. The van der Waals surface area contributed by atoms with E-state index in [-0.39, 0.29) is 36.4 Å². The summed E-state index contributed by atoms with van der Waals surface area (Å²) in [7, 11) is 3.27. The van der Waals surface area contributed by atoms with Gasteiger partial charge in [-0.3, -0.25) is 19.2 Å². The third-order valence-corrected chi connectivity index (χ3v) is 8.46. The smallest absolute Gasteiger partial charge is 0.272 e. The molecule has 2 saturated carbocycles. The first-order chi connectivity index (χ1) is 19.6. The number of aromatic nitrogens is 2. The molecule has 1 saturated heterocycles. The molecule has 0 unspecified atom stereocenters. The van der Waals surface area contributed by atoms with Crippen molar-refractivity contribution < 1.29 is 23.8 Å². The fourth-order valence-corrected chi connectivity index (χ4v) is 5.93. The minimum Gasteiger partial charge on any atom is -0.496 e. The summed E-state index contributed by atoms with van der Waals surface area (Å²) in [5.74, 6) is 1.06. The topological polar surface area (TPSA) is 107 Å². The van der Waals surface area contributed by atoms with Crippen LogP contribution >= 0.6 is 0 Å². The highest BCUT2D eigenvalue weighted by atomic mass is 16.5. The van der Waals surface area contributed by atoms with Crippen molar-refractivity contribution in [3.63, 3.8) is 0 Å². The van der Waals surface area contributed by atoms with Crippen LogP contribution in [0, 0.1) is 0 Å². The molecule has 10 heteroatoms. The van der Waals surface area contributed by atoms with Crippen LogP contribution < -0.4 is 20.1 Å². The SMILES string of the molecule is COc1cccc(OC)c1-c1cc(C(=O)N[C@@H](CCN2CCOCC2)CC(=O)NC2CCC2)nn1C1CCCC1. The lowest BCUT2D eigenvalue weighted by atomic mass is 9.93. The molecule has 1 aromatic heterocycles. The molecule has 218 valence electrons. The fraction of sp³-hybridized carbons (Fsp3) is 0.633. The normalized spacial score (nSPS) is 19.1. The Morgan fingerprint density at radius 1 is 1.05 bits per heavy atom. The first kappa shape index (κ1) is 28.4. The lowest BCUT2D eigenvalue weighted by molar-refractivity contribution is -0.122. The van der Waals surface area contributed by atoms with Crippen molar-refractivity contribution >= 4 is 11.8 Å². The molecule has 5 rings (SSSR count). The predicted octanol–water partition coefficient (Wildman–Crippen LogP) is 3.56. The molecule has 2 N–H and O–H groups in total. The van der Waals surface area contributed by atoms with Crippen molar-refractivity contribution in [3.8, 4) is 22.8 Å². The van der Waals surface area contributed by atoms with Crippen molar-refractivity contribution in [2.24, 2.45) is 0 Å². The molecule has 0 radical (unpaired) electrons. The van der Waals surface area contributed by atoms with Gasteiger partial charge >= 0.3 is 0 Å². The Balaban J connectivity index is 1.37. The first-order valence-electron chi connectivity index (χ1n) is 14.8. The lowest BCUT2D eigenvalue weighted by Gasteiger charge is -2.29. The Bertz CT molecular complexity index is 1130. The van der Waals surface area contributed by atoms with Crippen LogP contribution in [0.1, 0.15) is 74.3 Å². The van der Waals surface area contributed by atoms with Crippen molar-refractivity contribution in [2.75, 3.05) is 47.1 Å². The minimum atomic E-state index is -0.295. The van der Waals surface area contributed by atoms with Crippen molar-refractivity contribution in [2.45, 2.75) is 75.9 Å². The Morgan fingerprint density at radius 2 is 1.75 bits per heavy atom. The molecule has 40 heavy (non-hydrogen) atoms. The van der Waals surface area contributed by atoms with E-state index in [0.717, 1.165) is 75.8 Å². The zero-order chi connectivity index (χ0) is 27.9. The fourth-order valence-electron chi connectivity index (χ4n) is 5.93. The molecule has 0 spiro atoms. The van der Waals surface area contributed by atoms with E-state index in [9.17, 15) is 9.59 Å². The Labute approximate surface area is 236 Å². The summed E-state index contributed by atoms with van der Waals surface area (Å²) < 4.78 is 18.8. The highest BCUT2D eigenvalue weighted by Gasteiger charge is 2.29. The van der Waals surface area contributed by atoms with Crippen LogP contribution in [0.5, 0.6) is 11.5 Å². The molecule has 2 heterocycles. The average Bonchev–Trinajstić information content (AvgIpc) is 3.64. The molecule has 1 aliphatic heterocycles. The van der Waals surface area contributed by atoms with E-state index in [2.05, 4.69) is 15.5 Å². The lowest BCUT2D eigenvalue weighted by Crippen LogP contribution is -2.46. The van der Waals surface area contributed by atoms with E-state index < -0.39 is 0 Å². The number of hydrogen-bond donors (Lipinski definition) is 2. The number of ether oxygens (including phenoxy) is 3. The van der Waals surface area contributed by atoms with Crippen LogP contribution in [0.3, 0.4) is 0 Å². The Hall–Kier alpha value is -3.11. The second-order valence-corrected chi connectivity index (χ2v) is 11.1. The van der Waals surface area contributed by atoms with E-state index in [4.69, 9.17) is 19.3 Å². The van der Waals surface area contributed by atoms with Crippen LogP contribution in [-0.2, 0) is 9.53 Å². The maximum atomic E-state index is 13.7. The van der Waals surface area contributed by atoms with Crippen LogP contribution in [0.2, 0.25) is 0 Å². The van der Waals surface area contributed by atoms with Crippen LogP contribution in [0.4, 0.5) is 0 Å². The largest absolute Gasteiger partial charge is 0.496 e. The summed E-state index contributed by atoms with van der Waals surface area (Å²) >= 11 is 0. The third-order valence-electron chi connectivity index (χ3n) is 8.46. The first-order valence-corrected chi connectivity index (χ1v) is 14.8. The molecule has 3 aliphatic rings. The number of benzene rings is 1. The van der Waals surface area contributed by atoms with Gasteiger partial charge in [0.25, 0.3) is 5.91 Å². The van der Waals surface area contributed by atoms with Gasteiger partial charge in [0.1, 0.15) is 11.5 Å². The van der Waals surface area contributed by atoms with Crippen molar-refractivity contribution in [1.29, 1.82) is 0 Å². The number of nitrogens with one attached hydrogen (secondary N) is 2. The summed E-state index contributed by atoms with van der Waals surface area (Å²) in [5.41, 5.74) is 1.93. The van der Waals surface area contributed by atoms with E-state index in [1.807, 2.05) is 28.9 Å². The molecule has 10 nitrogen and oxygen atoms in total. The number of morpholine rings is 1. The van der Waals surface area contributed by atoms with Gasteiger partial charge in [0.15, 0.2) is 5.69 Å². The van der Waals surface area contributed by atoms with E-state index >= 15 is 0 Å². The highest BCUT2D eigenvalue weighted by molar-refractivity contribution is 5.94. The molecule has 0 bridgehead atoms. The van der Waals surface area contributed by atoms with E-state index in [1.54, 1.807) is 14.2 Å². The minimum absolute atomic E-state index is 0.00657. The number of rotatable bonds is 12. The third kappa shape index (κ3) is 6.78. The molecular weight excluding hydrogens is 510 g/mol. The second kappa shape index (κ2) is 13.5. The maximum absolute atomic E-state index is 13.7. The average molecular weight is 554 g/mol. The highest BCUT2D eigenvalue weighted by Crippen LogP contribution is 2.41. The molecular formula is C30H43N5O5. The van der Waals surface area contributed by atoms with Gasteiger partial charge in [-0.15, -0.1) is 0 Å². The summed E-state index contributed by atoms with van der Waals surface area (Å²) in [6.07, 6.45) is 8.44. The Morgan fingerprint density at radius 3 is 2.38 bits per heavy atom. The van der Waals surface area contributed by atoms with Gasteiger partial charge < -0.3 is 24.8 Å². The zero-order valence-electron chi connectivity index (χ0n) is 23.8. The van der Waals surface area contributed by atoms with E-state index in [0.29, 0.717) is 36.8 Å². The van der Waals surface area contributed by atoms with Gasteiger partial charge in [-0.25, -0.2) is 0 Å². The molecule has 2 aromatic rings. The van der Waals surface area contributed by atoms with Crippen LogP contribution in [-0.4, -0.2) is 85.6 Å². The summed E-state index contributed by atoms with van der Waals surface area (Å²) in [6, 6.07) is 7.69. The number of methoxy groups -OCH3 is 2. The van der Waals surface area contributed by atoms with Crippen molar-refractivity contribution in [3.05, 3.63) is 30.0 Å². The molecule has 1 aromatic carbocycles. The number of carbonyl (C=O) groups excluding carboxylic acids is 2.